The van der Waals surface area contributed by atoms with E-state index in [4.69, 9.17) is 19.4 Å². The number of hydrogen-bond acceptors (Lipinski definition) is 16. The number of nitrogens with zero attached hydrogens (tertiary/aromatic N) is 12. The van der Waals surface area contributed by atoms with Crippen molar-refractivity contribution in [3.63, 3.8) is 0 Å². The molecule has 376 valence electrons. The summed E-state index contributed by atoms with van der Waals surface area (Å²) in [4.78, 5) is 70.3. The average Bonchev–Trinajstić information content (AvgIpc) is 4.18. The van der Waals surface area contributed by atoms with E-state index in [1.807, 2.05) is 48.4 Å². The molecule has 6 atom stereocenters. The molecule has 0 bridgehead atoms. The van der Waals surface area contributed by atoms with Crippen molar-refractivity contribution in [2.45, 2.75) is 132 Å². The molecule has 0 saturated carbocycles. The summed E-state index contributed by atoms with van der Waals surface area (Å²) in [5.74, 6) is 2.71. The Balaban J connectivity index is 0.000000206. The van der Waals surface area contributed by atoms with Gasteiger partial charge in [-0.25, -0.2) is 9.97 Å². The monoisotopic (exact) mass is 963 g/mol. The van der Waals surface area contributed by atoms with Crippen LogP contribution in [0.1, 0.15) is 81.1 Å². The van der Waals surface area contributed by atoms with Gasteiger partial charge in [0.05, 0.1) is 35.9 Å². The number of likely N-dealkylation sites (N-methyl/N-ethyl adjacent to an activating group) is 2. The molecule has 8 rings (SSSR count). The highest BCUT2D eigenvalue weighted by atomic mass is 16.5. The Kier molecular flexibility index (Phi) is 16.8. The van der Waals surface area contributed by atoms with Crippen molar-refractivity contribution < 1.29 is 28.7 Å². The smallest absolute Gasteiger partial charge is 0.328 e. The molecule has 0 aliphatic carbocycles. The van der Waals surface area contributed by atoms with Crippen LogP contribution in [0.25, 0.3) is 22.1 Å². The van der Waals surface area contributed by atoms with Gasteiger partial charge in [0.2, 0.25) is 11.9 Å². The number of anilines is 4. The van der Waals surface area contributed by atoms with Crippen molar-refractivity contribution in [3.05, 3.63) is 61.7 Å². The fourth-order valence-corrected chi connectivity index (χ4v) is 9.51. The fraction of sp³-hybridized carbons (Fsp3) is 0.560. The van der Waals surface area contributed by atoms with Crippen LogP contribution < -0.4 is 10.6 Å². The maximum atomic E-state index is 12.4. The van der Waals surface area contributed by atoms with Gasteiger partial charge in [0.25, 0.3) is 0 Å². The lowest BCUT2D eigenvalue weighted by Crippen LogP contribution is -2.31. The molecular weight excluding hydrogens is 893 g/mol. The van der Waals surface area contributed by atoms with Crippen LogP contribution in [0.3, 0.4) is 0 Å². The number of nitrogens with one attached hydrogen (secondary N) is 2. The highest BCUT2D eigenvalue weighted by Gasteiger charge is 2.36. The molecule has 6 aromatic rings. The Morgan fingerprint density at radius 2 is 1.04 bits per heavy atom. The number of rotatable bonds is 20. The third kappa shape index (κ3) is 13.0. The number of esters is 2. The minimum absolute atomic E-state index is 0.0109. The maximum Gasteiger partial charge on any atom is 0.328 e. The van der Waals surface area contributed by atoms with E-state index in [0.717, 1.165) is 48.0 Å². The summed E-state index contributed by atoms with van der Waals surface area (Å²) >= 11 is 0. The van der Waals surface area contributed by atoms with E-state index < -0.39 is 0 Å². The number of ether oxygens (including phenoxy) is 2. The number of carbonyl (C=O) groups is 4. The van der Waals surface area contributed by atoms with Crippen LogP contribution in [0.15, 0.2) is 61.7 Å². The van der Waals surface area contributed by atoms with Gasteiger partial charge in [-0.1, -0.05) is 54.4 Å². The van der Waals surface area contributed by atoms with Gasteiger partial charge < -0.3 is 29.2 Å². The van der Waals surface area contributed by atoms with Gasteiger partial charge >= 0.3 is 11.9 Å². The SMILES string of the molecule is CC[C@H](Cn1ccc2cnc(Nc3cnn(CC(=O)O[C@@H]4C[C@@H](C(C)=O)N(C)C4)c3)nc21)C(C)C.CC[C@H](Cn1ccc2cnc(Nc3cnn(CC(=O)O[C@@H]4C[C@@H](C(C)=O)N(C)C4)c3)nc21)C(C)C. The second kappa shape index (κ2) is 22.9. The van der Waals surface area contributed by atoms with Gasteiger partial charge in [-0.2, -0.15) is 20.2 Å². The van der Waals surface area contributed by atoms with Crippen LogP contribution in [-0.4, -0.2) is 133 Å². The molecule has 2 aliphatic heterocycles. The maximum absolute atomic E-state index is 12.4. The molecule has 2 fully saturated rings. The molecule has 8 heterocycles. The van der Waals surface area contributed by atoms with Crippen LogP contribution in [0.5, 0.6) is 0 Å². The second-order valence-electron chi connectivity index (χ2n) is 19.6. The average molecular weight is 963 g/mol. The van der Waals surface area contributed by atoms with E-state index in [-0.39, 0.29) is 60.9 Å². The van der Waals surface area contributed by atoms with Crippen LogP contribution in [0.2, 0.25) is 0 Å². The summed E-state index contributed by atoms with van der Waals surface area (Å²) in [7, 11) is 3.74. The highest BCUT2D eigenvalue weighted by molar-refractivity contribution is 5.82. The topological polar surface area (TPSA) is 214 Å². The van der Waals surface area contributed by atoms with E-state index in [9.17, 15) is 19.2 Å². The van der Waals surface area contributed by atoms with Crippen molar-refractivity contribution in [2.24, 2.45) is 23.7 Å². The van der Waals surface area contributed by atoms with Gasteiger partial charge in [0.1, 0.15) is 48.2 Å². The molecule has 0 radical (unpaired) electrons. The first kappa shape index (κ1) is 51.3. The van der Waals surface area contributed by atoms with Crippen LogP contribution in [-0.2, 0) is 54.8 Å². The summed E-state index contributed by atoms with van der Waals surface area (Å²) < 4.78 is 18.5. The molecule has 70 heavy (non-hydrogen) atoms. The normalized spacial score (nSPS) is 19.4. The second-order valence-corrected chi connectivity index (χ2v) is 19.6. The van der Waals surface area contributed by atoms with Crippen molar-refractivity contribution in [3.8, 4) is 0 Å². The van der Waals surface area contributed by atoms with Gasteiger partial charge in [-0.15, -0.1) is 0 Å². The minimum Gasteiger partial charge on any atom is -0.460 e. The van der Waals surface area contributed by atoms with E-state index in [2.05, 4.69) is 93.9 Å². The molecule has 2 N–H and O–H groups in total. The number of likely N-dealkylation sites (tertiary alicyclic amines) is 2. The van der Waals surface area contributed by atoms with Crippen molar-refractivity contribution in [2.75, 3.05) is 37.8 Å². The number of ketones is 2. The highest BCUT2D eigenvalue weighted by Crippen LogP contribution is 2.26. The summed E-state index contributed by atoms with van der Waals surface area (Å²) in [5, 5.41) is 16.9. The van der Waals surface area contributed by atoms with E-state index in [0.29, 0.717) is 72.9 Å². The number of Topliss-reactive ketones (excluding diaryl/α,β-unsaturated/α-hetero) is 2. The third-order valence-electron chi connectivity index (χ3n) is 13.7. The first-order valence-corrected chi connectivity index (χ1v) is 24.5. The largest absolute Gasteiger partial charge is 0.460 e. The van der Waals surface area contributed by atoms with Gasteiger partial charge in [0.15, 0.2) is 0 Å². The number of hydrogen-bond donors (Lipinski definition) is 2. The molecule has 0 spiro atoms. The molecule has 0 amide bonds. The molecule has 6 aromatic heterocycles. The fourth-order valence-electron chi connectivity index (χ4n) is 9.51. The Morgan fingerprint density at radius 1 is 0.643 bits per heavy atom. The Hall–Kier alpha value is -6.54. The first-order valence-electron chi connectivity index (χ1n) is 24.5. The van der Waals surface area contributed by atoms with E-state index >= 15 is 0 Å². The molecular formula is C50H70N14O6. The van der Waals surface area contributed by atoms with Crippen LogP contribution in [0.4, 0.5) is 23.3 Å². The Morgan fingerprint density at radius 3 is 1.39 bits per heavy atom. The van der Waals surface area contributed by atoms with E-state index in [1.54, 1.807) is 38.6 Å². The van der Waals surface area contributed by atoms with Crippen molar-refractivity contribution >= 4 is 68.8 Å². The Labute approximate surface area is 409 Å². The molecule has 20 nitrogen and oxygen atoms in total. The van der Waals surface area contributed by atoms with Crippen LogP contribution in [0, 0.1) is 23.7 Å². The van der Waals surface area contributed by atoms with Gasteiger partial charge in [0, 0.05) is 87.0 Å². The zero-order chi connectivity index (χ0) is 50.2. The zero-order valence-electron chi connectivity index (χ0n) is 42.3. The summed E-state index contributed by atoms with van der Waals surface area (Å²) in [6.07, 6.45) is 17.2. The summed E-state index contributed by atoms with van der Waals surface area (Å²) in [6.45, 7) is 19.5. The van der Waals surface area contributed by atoms with Crippen molar-refractivity contribution in [1.29, 1.82) is 0 Å². The van der Waals surface area contributed by atoms with Gasteiger partial charge in [-0.3, -0.25) is 38.3 Å². The molecule has 0 aromatic carbocycles. The first-order chi connectivity index (χ1) is 33.5. The lowest BCUT2D eigenvalue weighted by molar-refractivity contribution is -0.150. The standard InChI is InChI=1S/2C25H35N7O3/c2*1-6-18(16(2)3)12-31-8-7-19-10-26-25(29-24(19)31)28-20-11-27-32(13-20)15-23(34)35-21-9-22(17(4)33)30(5)14-21/h2*7-8,10-11,13,16,18,21-22H,6,9,12,14-15H2,1-5H3,(H,26,28,29)/t2*18-,21-,22+/m11/s1. The molecule has 20 heteroatoms. The Bertz CT molecular complexity index is 2550. The summed E-state index contributed by atoms with van der Waals surface area (Å²) in [6, 6.07) is 3.70. The van der Waals surface area contributed by atoms with Crippen molar-refractivity contribution in [1.82, 2.24) is 58.4 Å². The van der Waals surface area contributed by atoms with E-state index in [1.165, 1.54) is 9.36 Å². The predicted octanol–water partition coefficient (Wildman–Crippen LogP) is 6.52. The predicted molar refractivity (Wildman–Crippen MR) is 267 cm³/mol. The molecule has 0 unspecified atom stereocenters. The molecule has 2 saturated heterocycles. The number of carbonyl (C=O) groups excluding carboxylic acids is 4. The van der Waals surface area contributed by atoms with Gasteiger partial charge in [-0.05, 0) is 63.7 Å². The molecule has 2 aliphatic rings. The number of fused-ring (bicyclic) bond motifs is 2. The number of aromatic nitrogens is 10. The van der Waals surface area contributed by atoms with Crippen LogP contribution >= 0.6 is 0 Å². The lowest BCUT2D eigenvalue weighted by Gasteiger charge is -2.20. The minimum atomic E-state index is -0.381. The lowest BCUT2D eigenvalue weighted by atomic mass is 9.93. The zero-order valence-corrected chi connectivity index (χ0v) is 42.3. The quantitative estimate of drug-likeness (QED) is 0.0780. The third-order valence-corrected chi connectivity index (χ3v) is 13.7. The summed E-state index contributed by atoms with van der Waals surface area (Å²) in [5.41, 5.74) is 3.15.